The topological polar surface area (TPSA) is 113 Å². The first-order valence-electron chi connectivity index (χ1n) is 16.1. The molecule has 246 valence electrons. The standard InChI is InChI=1S/C36H39N9O2S/c1-22-8-6-9-24(39-22)19-45-30-11-7-10-29(32(30)23(2)42-45)41-36(46)27-20-48-34-33(27)37-21-38-35(34)40-28-13-12-26(18-31(28)47-5)44-16-14-25(15-17-44)43(3)4/h6-13,18,20-21,25H,14-17,19H2,1-5H3,(H,41,46)(H,37,38,40). The molecule has 0 radical (unpaired) electrons. The number of piperidine rings is 1. The molecule has 5 heterocycles. The zero-order valence-electron chi connectivity index (χ0n) is 27.8. The molecule has 0 unspecified atom stereocenters. The summed E-state index contributed by atoms with van der Waals surface area (Å²) in [6.45, 7) is 6.48. The van der Waals surface area contributed by atoms with E-state index in [2.05, 4.69) is 61.6 Å². The molecule has 48 heavy (non-hydrogen) atoms. The Labute approximate surface area is 283 Å². The van der Waals surface area contributed by atoms with Crippen molar-refractivity contribution >= 4 is 61.2 Å². The number of carbonyl (C=O) groups excluding carboxylic acids is 1. The summed E-state index contributed by atoms with van der Waals surface area (Å²) in [6.07, 6.45) is 3.75. The van der Waals surface area contributed by atoms with Crippen LogP contribution in [0.15, 0.2) is 66.3 Å². The number of thiophene rings is 1. The van der Waals surface area contributed by atoms with Crippen molar-refractivity contribution in [2.45, 2.75) is 39.3 Å². The van der Waals surface area contributed by atoms with E-state index in [1.807, 2.05) is 66.4 Å². The molecule has 1 saturated heterocycles. The molecule has 2 N–H and O–H groups in total. The number of nitrogens with zero attached hydrogens (tertiary/aromatic N) is 7. The number of carbonyl (C=O) groups is 1. The molecular weight excluding hydrogens is 623 g/mol. The zero-order valence-corrected chi connectivity index (χ0v) is 28.6. The van der Waals surface area contributed by atoms with Gasteiger partial charge in [-0.3, -0.25) is 14.5 Å². The minimum atomic E-state index is -0.245. The average molecular weight is 662 g/mol. The highest BCUT2D eigenvalue weighted by atomic mass is 32.1. The van der Waals surface area contributed by atoms with Gasteiger partial charge in [0.2, 0.25) is 0 Å². The third kappa shape index (κ3) is 6.16. The Balaban J connectivity index is 1.11. The lowest BCUT2D eigenvalue weighted by molar-refractivity contribution is 0.102. The van der Waals surface area contributed by atoms with Crippen LogP contribution in [0.3, 0.4) is 0 Å². The third-order valence-electron chi connectivity index (χ3n) is 9.06. The highest BCUT2D eigenvalue weighted by Crippen LogP contribution is 2.37. The number of fused-ring (bicyclic) bond motifs is 2. The van der Waals surface area contributed by atoms with Crippen LogP contribution in [0.25, 0.3) is 21.1 Å². The van der Waals surface area contributed by atoms with Crippen molar-refractivity contribution in [3.05, 3.63) is 88.9 Å². The fourth-order valence-corrected chi connectivity index (χ4v) is 7.47. The Bertz CT molecular complexity index is 2110. The van der Waals surface area contributed by atoms with Crippen LogP contribution >= 0.6 is 11.3 Å². The maximum absolute atomic E-state index is 13.7. The molecule has 12 heteroatoms. The van der Waals surface area contributed by atoms with Gasteiger partial charge in [-0.25, -0.2) is 9.97 Å². The average Bonchev–Trinajstić information content (AvgIpc) is 3.67. The number of aryl methyl sites for hydroxylation is 2. The number of benzene rings is 2. The number of aromatic nitrogens is 5. The molecule has 0 saturated carbocycles. The van der Waals surface area contributed by atoms with Crippen LogP contribution in [0.4, 0.5) is 22.9 Å². The number of pyridine rings is 1. The predicted molar refractivity (Wildman–Crippen MR) is 193 cm³/mol. The van der Waals surface area contributed by atoms with Crippen LogP contribution in [0.5, 0.6) is 5.75 Å². The van der Waals surface area contributed by atoms with E-state index in [1.54, 1.807) is 7.11 Å². The van der Waals surface area contributed by atoms with E-state index in [1.165, 1.54) is 17.7 Å². The molecule has 4 aromatic heterocycles. The van der Waals surface area contributed by atoms with Crippen molar-refractivity contribution in [3.63, 3.8) is 0 Å². The lowest BCUT2D eigenvalue weighted by atomic mass is 10.0. The van der Waals surface area contributed by atoms with Crippen LogP contribution in [-0.2, 0) is 6.54 Å². The van der Waals surface area contributed by atoms with Gasteiger partial charge in [-0.1, -0.05) is 12.1 Å². The van der Waals surface area contributed by atoms with Gasteiger partial charge in [0.1, 0.15) is 12.1 Å². The highest BCUT2D eigenvalue weighted by molar-refractivity contribution is 7.18. The first-order valence-corrected chi connectivity index (χ1v) is 17.0. The first-order chi connectivity index (χ1) is 23.3. The second-order valence-corrected chi connectivity index (χ2v) is 13.3. The number of rotatable bonds is 9. The fraction of sp³-hybridized carbons (Fsp3) is 0.306. The highest BCUT2D eigenvalue weighted by Gasteiger charge is 2.23. The number of methoxy groups -OCH3 is 1. The molecule has 2 aromatic carbocycles. The van der Waals surface area contributed by atoms with E-state index in [0.29, 0.717) is 35.2 Å². The van der Waals surface area contributed by atoms with E-state index in [9.17, 15) is 4.79 Å². The summed E-state index contributed by atoms with van der Waals surface area (Å²) in [4.78, 5) is 32.2. The monoisotopic (exact) mass is 661 g/mol. The van der Waals surface area contributed by atoms with Gasteiger partial charge in [0.25, 0.3) is 5.91 Å². The molecule has 7 rings (SSSR count). The molecule has 0 atom stereocenters. The quantitative estimate of drug-likeness (QED) is 0.176. The largest absolute Gasteiger partial charge is 0.494 e. The van der Waals surface area contributed by atoms with Gasteiger partial charge in [-0.15, -0.1) is 11.3 Å². The lowest BCUT2D eigenvalue weighted by Crippen LogP contribution is -2.41. The summed E-state index contributed by atoms with van der Waals surface area (Å²) in [6, 6.07) is 18.7. The predicted octanol–water partition coefficient (Wildman–Crippen LogP) is 6.64. The van der Waals surface area contributed by atoms with Gasteiger partial charge in [-0.2, -0.15) is 5.10 Å². The molecule has 0 bridgehead atoms. The number of ether oxygens (including phenoxy) is 1. The molecule has 1 aliphatic rings. The van der Waals surface area contributed by atoms with Crippen molar-refractivity contribution in [2.24, 2.45) is 0 Å². The molecule has 1 amide bonds. The van der Waals surface area contributed by atoms with Crippen molar-refractivity contribution in [3.8, 4) is 5.75 Å². The molecule has 6 aromatic rings. The van der Waals surface area contributed by atoms with E-state index < -0.39 is 0 Å². The number of amides is 1. The number of anilines is 4. The Kier molecular flexibility index (Phi) is 8.67. The van der Waals surface area contributed by atoms with Gasteiger partial charge in [-0.05, 0) is 77.2 Å². The smallest absolute Gasteiger partial charge is 0.258 e. The van der Waals surface area contributed by atoms with Crippen LogP contribution in [-0.4, -0.2) is 75.9 Å². The Hall–Kier alpha value is -5.07. The number of nitrogens with one attached hydrogen (secondary N) is 2. The van der Waals surface area contributed by atoms with E-state index >= 15 is 0 Å². The summed E-state index contributed by atoms with van der Waals surface area (Å²) >= 11 is 1.43. The van der Waals surface area contributed by atoms with Crippen molar-refractivity contribution in [2.75, 3.05) is 49.8 Å². The SMILES string of the molecule is COc1cc(N2CCC(N(C)C)CC2)ccc1Nc1ncnc2c(C(=O)Nc3cccc4c3c(C)nn4Cc3cccc(C)n3)csc12. The molecule has 1 fully saturated rings. The van der Waals surface area contributed by atoms with E-state index in [4.69, 9.17) is 9.84 Å². The maximum Gasteiger partial charge on any atom is 0.258 e. The summed E-state index contributed by atoms with van der Waals surface area (Å²) in [7, 11) is 5.99. The second-order valence-electron chi connectivity index (χ2n) is 12.4. The second kappa shape index (κ2) is 13.2. The Morgan fingerprint density at radius 3 is 2.62 bits per heavy atom. The molecule has 0 spiro atoms. The Morgan fingerprint density at radius 2 is 1.85 bits per heavy atom. The summed E-state index contributed by atoms with van der Waals surface area (Å²) < 4.78 is 8.52. The van der Waals surface area contributed by atoms with Crippen molar-refractivity contribution in [1.29, 1.82) is 0 Å². The molecule has 11 nitrogen and oxygen atoms in total. The summed E-state index contributed by atoms with van der Waals surface area (Å²) in [5.74, 6) is 1.10. The first kappa shape index (κ1) is 31.5. The van der Waals surface area contributed by atoms with Crippen LogP contribution < -0.4 is 20.3 Å². The number of hydrogen-bond acceptors (Lipinski definition) is 10. The zero-order chi connectivity index (χ0) is 33.4. The molecule has 0 aliphatic carbocycles. The van der Waals surface area contributed by atoms with Gasteiger partial charge in [0.15, 0.2) is 5.82 Å². The lowest BCUT2D eigenvalue weighted by Gasteiger charge is -2.36. The Morgan fingerprint density at radius 1 is 1.04 bits per heavy atom. The van der Waals surface area contributed by atoms with Gasteiger partial charge in [0.05, 0.1) is 57.7 Å². The van der Waals surface area contributed by atoms with E-state index in [0.717, 1.165) is 75.7 Å². The normalized spacial score (nSPS) is 13.8. The van der Waals surface area contributed by atoms with Crippen molar-refractivity contribution in [1.82, 2.24) is 29.6 Å². The van der Waals surface area contributed by atoms with Gasteiger partial charge >= 0.3 is 0 Å². The molecular formula is C36H39N9O2S. The van der Waals surface area contributed by atoms with Crippen LogP contribution in [0, 0.1) is 13.8 Å². The molecule has 1 aliphatic heterocycles. The van der Waals surface area contributed by atoms with E-state index in [-0.39, 0.29) is 5.91 Å². The third-order valence-corrected chi connectivity index (χ3v) is 10.0. The van der Waals surface area contributed by atoms with Crippen LogP contribution in [0.2, 0.25) is 0 Å². The van der Waals surface area contributed by atoms with Crippen molar-refractivity contribution < 1.29 is 9.53 Å². The van der Waals surface area contributed by atoms with Gasteiger partial charge in [0, 0.05) is 47.3 Å². The minimum absolute atomic E-state index is 0.245. The number of hydrogen-bond donors (Lipinski definition) is 2. The summed E-state index contributed by atoms with van der Waals surface area (Å²) in [5, 5.41) is 14.1. The van der Waals surface area contributed by atoms with Gasteiger partial charge < -0.3 is 25.2 Å². The fourth-order valence-electron chi connectivity index (χ4n) is 6.52. The maximum atomic E-state index is 13.7. The minimum Gasteiger partial charge on any atom is -0.494 e. The van der Waals surface area contributed by atoms with Crippen LogP contribution in [0.1, 0.15) is 40.3 Å². The summed E-state index contributed by atoms with van der Waals surface area (Å²) in [5.41, 5.74) is 7.34.